The number of carboxylic acids is 3. The van der Waals surface area contributed by atoms with Gasteiger partial charge in [-0.2, -0.15) is 39.5 Å². The van der Waals surface area contributed by atoms with Gasteiger partial charge in [-0.15, -0.1) is 0 Å². The van der Waals surface area contributed by atoms with E-state index in [9.17, 15) is 39.5 Å². The number of nitrogens with zero attached hydrogens (tertiary/aromatic N) is 6. The molecule has 284 valence electrons. The lowest BCUT2D eigenvalue weighted by Gasteiger charge is -2.32. The minimum absolute atomic E-state index is 0.350. The molecule has 5 heterocycles. The molecule has 0 unspecified atom stereocenters. The zero-order valence-electron chi connectivity index (χ0n) is 27.1. The first-order valence-corrected chi connectivity index (χ1v) is 14.8. The molecule has 1 fully saturated rings. The number of hydrogen-bond acceptors (Lipinski definition) is 8. The monoisotopic (exact) mass is 754 g/mol. The Bertz CT molecular complexity index is 1700. The van der Waals surface area contributed by atoms with Crippen LogP contribution < -0.4 is 0 Å². The Hall–Kier alpha value is -5.34. The fourth-order valence-electron chi connectivity index (χ4n) is 4.51. The molecule has 4 aromatic heterocycles. The number of fused-ring (bicyclic) bond motifs is 1. The summed E-state index contributed by atoms with van der Waals surface area (Å²) < 4.78 is 97.5. The molecule has 0 aliphatic carbocycles. The van der Waals surface area contributed by atoms with E-state index >= 15 is 0 Å². The topological polar surface area (TPSA) is 172 Å². The van der Waals surface area contributed by atoms with Gasteiger partial charge in [0.15, 0.2) is 0 Å². The Morgan fingerprint density at radius 1 is 0.808 bits per heavy atom. The van der Waals surface area contributed by atoms with Crippen LogP contribution in [0.1, 0.15) is 49.9 Å². The zero-order valence-corrected chi connectivity index (χ0v) is 27.1. The number of carbonyl (C=O) groups is 3. The van der Waals surface area contributed by atoms with Crippen LogP contribution in [0, 0.1) is 0 Å². The number of rotatable bonds is 5. The zero-order chi connectivity index (χ0) is 39.4. The summed E-state index contributed by atoms with van der Waals surface area (Å²) in [5.74, 6) is -7.81. The molecule has 0 atom stereocenters. The second-order valence-corrected chi connectivity index (χ2v) is 11.1. The minimum atomic E-state index is -5.08. The smallest absolute Gasteiger partial charge is 0.475 e. The highest BCUT2D eigenvalue weighted by Crippen LogP contribution is 2.34. The lowest BCUT2D eigenvalue weighted by molar-refractivity contribution is -0.193. The predicted octanol–water partition coefficient (Wildman–Crippen LogP) is 6.75. The van der Waals surface area contributed by atoms with Gasteiger partial charge in [-0.3, -0.25) is 19.9 Å². The predicted molar refractivity (Wildman–Crippen MR) is 164 cm³/mol. The van der Waals surface area contributed by atoms with Crippen LogP contribution in [-0.2, 0) is 20.9 Å². The minimum Gasteiger partial charge on any atom is -0.475 e. The van der Waals surface area contributed by atoms with E-state index in [1.165, 1.54) is 11.3 Å². The number of piperidine rings is 1. The normalized spacial score (nSPS) is 13.9. The Morgan fingerprint density at radius 3 is 1.69 bits per heavy atom. The first-order chi connectivity index (χ1) is 24.0. The maximum Gasteiger partial charge on any atom is 0.490 e. The molecule has 0 saturated carbocycles. The molecule has 1 saturated heterocycles. The van der Waals surface area contributed by atoms with Crippen LogP contribution in [0.25, 0.3) is 22.3 Å². The molecule has 1 aliphatic rings. The van der Waals surface area contributed by atoms with Crippen LogP contribution in [0.15, 0.2) is 61.4 Å². The lowest BCUT2D eigenvalue weighted by atomic mass is 9.92. The number of imidazole rings is 1. The van der Waals surface area contributed by atoms with Crippen molar-refractivity contribution in [3.63, 3.8) is 0 Å². The maximum absolute atomic E-state index is 10.6. The molecular formula is C31H31F9N6O6. The largest absolute Gasteiger partial charge is 0.490 e. The van der Waals surface area contributed by atoms with Crippen LogP contribution in [-0.4, -0.2) is 94.2 Å². The number of aromatic nitrogens is 5. The van der Waals surface area contributed by atoms with Gasteiger partial charge in [0.05, 0.1) is 17.5 Å². The van der Waals surface area contributed by atoms with Gasteiger partial charge in [0.2, 0.25) is 0 Å². The molecule has 12 nitrogen and oxygen atoms in total. The Labute approximate surface area is 288 Å². The van der Waals surface area contributed by atoms with Crippen molar-refractivity contribution in [1.82, 2.24) is 29.4 Å². The number of halogens is 9. The van der Waals surface area contributed by atoms with Crippen LogP contribution in [0.2, 0.25) is 0 Å². The first kappa shape index (κ1) is 42.8. The lowest BCUT2D eigenvalue weighted by Crippen LogP contribution is -2.32. The van der Waals surface area contributed by atoms with E-state index in [4.69, 9.17) is 39.7 Å². The Balaban J connectivity index is 0.000000365. The third-order valence-electron chi connectivity index (χ3n) is 6.94. The fraction of sp³-hybridized carbons (Fsp3) is 0.387. The number of aliphatic carboxylic acids is 3. The van der Waals surface area contributed by atoms with Crippen LogP contribution in [0.5, 0.6) is 0 Å². The number of likely N-dealkylation sites (tertiary alicyclic amines) is 1. The molecule has 21 heteroatoms. The van der Waals surface area contributed by atoms with E-state index in [2.05, 4.69) is 51.5 Å². The highest BCUT2D eigenvalue weighted by Gasteiger charge is 2.39. The number of pyridine rings is 3. The molecule has 1 aliphatic heterocycles. The van der Waals surface area contributed by atoms with E-state index in [0.29, 0.717) is 12.0 Å². The van der Waals surface area contributed by atoms with Crippen molar-refractivity contribution in [2.75, 3.05) is 13.1 Å². The summed E-state index contributed by atoms with van der Waals surface area (Å²) in [5, 5.41) is 21.4. The quantitative estimate of drug-likeness (QED) is 0.184. The average Bonchev–Trinajstić information content (AvgIpc) is 3.50. The first-order valence-electron chi connectivity index (χ1n) is 14.8. The van der Waals surface area contributed by atoms with Gasteiger partial charge in [0.1, 0.15) is 5.52 Å². The van der Waals surface area contributed by atoms with Gasteiger partial charge in [0, 0.05) is 54.5 Å². The molecule has 0 bridgehead atoms. The van der Waals surface area contributed by atoms with E-state index in [1.807, 2.05) is 37.1 Å². The summed E-state index contributed by atoms with van der Waals surface area (Å²) in [4.78, 5) is 47.6. The van der Waals surface area contributed by atoms with Crippen molar-refractivity contribution >= 4 is 28.9 Å². The average molecular weight is 755 g/mol. The fourth-order valence-corrected chi connectivity index (χ4v) is 4.51. The van der Waals surface area contributed by atoms with Crippen molar-refractivity contribution < 1.29 is 69.2 Å². The van der Waals surface area contributed by atoms with Crippen molar-refractivity contribution in [2.45, 2.75) is 63.7 Å². The highest BCUT2D eigenvalue weighted by atomic mass is 19.4. The summed E-state index contributed by atoms with van der Waals surface area (Å²) in [6.45, 7) is 7.51. The summed E-state index contributed by atoms with van der Waals surface area (Å²) in [6, 6.07) is 10.8. The summed E-state index contributed by atoms with van der Waals surface area (Å²) in [6.07, 6.45) is -3.60. The molecule has 3 N–H and O–H groups in total. The molecular weight excluding hydrogens is 723 g/mol. The molecule has 4 aromatic rings. The van der Waals surface area contributed by atoms with Crippen LogP contribution in [0.3, 0.4) is 0 Å². The number of alkyl halides is 9. The van der Waals surface area contributed by atoms with Crippen molar-refractivity contribution in [3.8, 4) is 11.3 Å². The molecule has 0 radical (unpaired) electrons. The Kier molecular flexibility index (Phi) is 15.0. The van der Waals surface area contributed by atoms with Gasteiger partial charge < -0.3 is 19.9 Å². The van der Waals surface area contributed by atoms with E-state index < -0.39 is 36.4 Å². The maximum atomic E-state index is 10.6. The van der Waals surface area contributed by atoms with Crippen LogP contribution >= 0.6 is 0 Å². The highest BCUT2D eigenvalue weighted by molar-refractivity contribution is 5.90. The third-order valence-corrected chi connectivity index (χ3v) is 6.94. The van der Waals surface area contributed by atoms with Gasteiger partial charge >= 0.3 is 36.4 Å². The van der Waals surface area contributed by atoms with Crippen molar-refractivity contribution in [2.24, 2.45) is 0 Å². The van der Waals surface area contributed by atoms with E-state index in [-0.39, 0.29) is 0 Å². The molecule has 0 aromatic carbocycles. The second-order valence-electron chi connectivity index (χ2n) is 11.1. The molecule has 52 heavy (non-hydrogen) atoms. The summed E-state index contributed by atoms with van der Waals surface area (Å²) in [5.41, 5.74) is 6.54. The third kappa shape index (κ3) is 13.4. The van der Waals surface area contributed by atoms with Crippen molar-refractivity contribution in [1.29, 1.82) is 0 Å². The second kappa shape index (κ2) is 18.2. The SMILES string of the molecule is CC(C)n1cnc2c(-c3cccnc3)nc(C3CCN(Cc4cccnc4)CC3)cc21.O=C(O)C(F)(F)F.O=C(O)C(F)(F)F.O=C(O)C(F)(F)F. The van der Waals surface area contributed by atoms with Crippen molar-refractivity contribution in [3.05, 3.63) is 72.7 Å². The summed E-state index contributed by atoms with van der Waals surface area (Å²) >= 11 is 0. The van der Waals surface area contributed by atoms with Gasteiger partial charge in [-0.05, 0) is 69.6 Å². The number of carboxylic acid groups (broad SMARTS) is 3. The molecule has 0 amide bonds. The standard InChI is InChI=1S/C25H28N6.3C2HF3O2/c1-18(2)31-17-28-25-23(31)13-22(29-24(25)21-6-4-10-27-15-21)20-7-11-30(12-8-20)16-19-5-3-9-26-14-19;3*3-2(4,5)1(6)7/h3-6,9-10,13-15,17-18,20H,7-8,11-12,16H2,1-2H3;3*(H,6,7). The van der Waals surface area contributed by atoms with E-state index in [1.54, 1.807) is 6.20 Å². The Morgan fingerprint density at radius 2 is 1.29 bits per heavy atom. The van der Waals surface area contributed by atoms with Gasteiger partial charge in [-0.1, -0.05) is 6.07 Å². The van der Waals surface area contributed by atoms with Gasteiger partial charge in [-0.25, -0.2) is 19.4 Å². The van der Waals surface area contributed by atoms with Crippen LogP contribution in [0.4, 0.5) is 39.5 Å². The van der Waals surface area contributed by atoms with Gasteiger partial charge in [0.25, 0.3) is 0 Å². The number of hydrogen-bond donors (Lipinski definition) is 3. The molecule has 5 rings (SSSR count). The molecule has 0 spiro atoms. The van der Waals surface area contributed by atoms with E-state index in [0.717, 1.165) is 54.8 Å². The summed E-state index contributed by atoms with van der Waals surface area (Å²) in [7, 11) is 0.